The van der Waals surface area contributed by atoms with E-state index in [0.717, 1.165) is 38.2 Å². The van der Waals surface area contributed by atoms with Gasteiger partial charge < -0.3 is 19.9 Å². The summed E-state index contributed by atoms with van der Waals surface area (Å²) in [5, 5.41) is 0. The normalized spacial score (nSPS) is 29.5. The molecule has 0 bridgehead atoms. The molecule has 116 valence electrons. The summed E-state index contributed by atoms with van der Waals surface area (Å²) in [5.41, 5.74) is 9.47. The van der Waals surface area contributed by atoms with E-state index < -0.39 is 0 Å². The highest BCUT2D eigenvalue weighted by atomic mass is 16.8. The van der Waals surface area contributed by atoms with Gasteiger partial charge in [0.25, 0.3) is 0 Å². The molecule has 0 saturated carbocycles. The summed E-state index contributed by atoms with van der Waals surface area (Å²) in [6, 6.07) is 6.23. The molecule has 2 heterocycles. The molecule has 1 fully saturated rings. The lowest BCUT2D eigenvalue weighted by molar-refractivity contribution is -0.193. The smallest absolute Gasteiger partial charge is 0.164 e. The second-order valence-electron chi connectivity index (χ2n) is 5.91. The van der Waals surface area contributed by atoms with Crippen LogP contribution < -0.4 is 5.73 Å². The molecule has 1 aromatic rings. The number of nitrogens with two attached hydrogens (primary N) is 1. The number of methoxy groups -OCH3 is 2. The van der Waals surface area contributed by atoms with E-state index in [0.29, 0.717) is 5.92 Å². The highest BCUT2D eigenvalue weighted by Crippen LogP contribution is 2.30. The van der Waals surface area contributed by atoms with E-state index in [1.54, 1.807) is 14.2 Å². The number of fused-ring (bicyclic) bond motifs is 1. The van der Waals surface area contributed by atoms with Crippen LogP contribution in [0, 0.1) is 5.92 Å². The molecule has 0 spiro atoms. The second kappa shape index (κ2) is 6.32. The number of hydrogen-bond acceptors (Lipinski definition) is 5. The number of rotatable bonds is 4. The fourth-order valence-corrected chi connectivity index (χ4v) is 3.35. The Hall–Kier alpha value is -1.14. The molecule has 5 nitrogen and oxygen atoms in total. The molecule has 3 rings (SSSR count). The van der Waals surface area contributed by atoms with Crippen molar-refractivity contribution in [3.8, 4) is 0 Å². The Morgan fingerprint density at radius 3 is 2.90 bits per heavy atom. The van der Waals surface area contributed by atoms with Gasteiger partial charge in [-0.2, -0.15) is 0 Å². The van der Waals surface area contributed by atoms with Crippen LogP contribution in [-0.2, 0) is 27.2 Å². The highest BCUT2D eigenvalue weighted by Gasteiger charge is 2.36. The van der Waals surface area contributed by atoms with Gasteiger partial charge in [-0.05, 0) is 29.7 Å². The first kappa shape index (κ1) is 14.8. The first-order valence-corrected chi connectivity index (χ1v) is 7.50. The van der Waals surface area contributed by atoms with Crippen LogP contribution in [0.1, 0.15) is 17.5 Å². The van der Waals surface area contributed by atoms with Gasteiger partial charge in [-0.3, -0.25) is 4.90 Å². The van der Waals surface area contributed by atoms with Crippen LogP contribution >= 0.6 is 0 Å². The molecule has 21 heavy (non-hydrogen) atoms. The zero-order valence-corrected chi connectivity index (χ0v) is 12.7. The Morgan fingerprint density at radius 1 is 1.29 bits per heavy atom. The maximum absolute atomic E-state index is 5.85. The van der Waals surface area contributed by atoms with Crippen LogP contribution in [0.15, 0.2) is 18.2 Å². The Labute approximate surface area is 126 Å². The van der Waals surface area contributed by atoms with Gasteiger partial charge in [-0.15, -0.1) is 0 Å². The van der Waals surface area contributed by atoms with Crippen molar-refractivity contribution < 1.29 is 14.2 Å². The summed E-state index contributed by atoms with van der Waals surface area (Å²) in [4.78, 5) is 2.47. The standard InChI is InChI=1S/C16H24N2O3/c1-19-15-8-13(16(20-2)21-15)10-18-6-5-11-7-14(17)4-3-12(11)9-18/h3-4,7,13,15-16H,5-6,8-10,17H2,1-2H3. The molecule has 5 heteroatoms. The number of anilines is 1. The van der Waals surface area contributed by atoms with Crippen LogP contribution in [-0.4, -0.2) is 44.8 Å². The predicted molar refractivity (Wildman–Crippen MR) is 80.6 cm³/mol. The summed E-state index contributed by atoms with van der Waals surface area (Å²) < 4.78 is 16.4. The summed E-state index contributed by atoms with van der Waals surface area (Å²) in [7, 11) is 3.38. The molecule has 2 N–H and O–H groups in total. The van der Waals surface area contributed by atoms with Crippen molar-refractivity contribution in [1.82, 2.24) is 4.90 Å². The molecule has 1 aromatic carbocycles. The monoisotopic (exact) mass is 292 g/mol. The molecule has 3 unspecified atom stereocenters. The third kappa shape index (κ3) is 3.21. The summed E-state index contributed by atoms with van der Waals surface area (Å²) in [5.74, 6) is 0.357. The summed E-state index contributed by atoms with van der Waals surface area (Å²) in [6.45, 7) is 3.00. The van der Waals surface area contributed by atoms with Gasteiger partial charge in [-0.25, -0.2) is 0 Å². The van der Waals surface area contributed by atoms with Crippen molar-refractivity contribution in [3.05, 3.63) is 29.3 Å². The second-order valence-corrected chi connectivity index (χ2v) is 5.91. The third-order valence-corrected chi connectivity index (χ3v) is 4.48. The minimum atomic E-state index is -0.164. The Bertz CT molecular complexity index is 494. The van der Waals surface area contributed by atoms with Gasteiger partial charge in [0, 0.05) is 51.9 Å². The van der Waals surface area contributed by atoms with Crippen molar-refractivity contribution in [2.24, 2.45) is 5.92 Å². The molecule has 0 radical (unpaired) electrons. The third-order valence-electron chi connectivity index (χ3n) is 4.48. The predicted octanol–water partition coefficient (Wildman–Crippen LogP) is 1.61. The van der Waals surface area contributed by atoms with E-state index in [1.807, 2.05) is 6.07 Å². The Kier molecular flexibility index (Phi) is 4.45. The lowest BCUT2D eigenvalue weighted by Gasteiger charge is -2.31. The maximum atomic E-state index is 5.85. The fourth-order valence-electron chi connectivity index (χ4n) is 3.35. The molecular formula is C16H24N2O3. The van der Waals surface area contributed by atoms with Crippen LogP contribution in [0.4, 0.5) is 5.69 Å². The van der Waals surface area contributed by atoms with Gasteiger partial charge in [-0.1, -0.05) is 6.07 Å². The van der Waals surface area contributed by atoms with Gasteiger partial charge >= 0.3 is 0 Å². The van der Waals surface area contributed by atoms with Crippen molar-refractivity contribution in [1.29, 1.82) is 0 Å². The minimum absolute atomic E-state index is 0.142. The van der Waals surface area contributed by atoms with E-state index in [1.165, 1.54) is 11.1 Å². The average molecular weight is 292 g/mol. The molecule has 2 aliphatic heterocycles. The van der Waals surface area contributed by atoms with E-state index in [9.17, 15) is 0 Å². The van der Waals surface area contributed by atoms with Crippen LogP contribution in [0.5, 0.6) is 0 Å². The summed E-state index contributed by atoms with van der Waals surface area (Å²) >= 11 is 0. The zero-order chi connectivity index (χ0) is 14.8. The molecule has 2 aliphatic rings. The highest BCUT2D eigenvalue weighted by molar-refractivity contribution is 5.45. The number of nitrogen functional groups attached to an aromatic ring is 1. The van der Waals surface area contributed by atoms with Gasteiger partial charge in [0.15, 0.2) is 12.6 Å². The van der Waals surface area contributed by atoms with Crippen LogP contribution in [0.3, 0.4) is 0 Å². The lowest BCUT2D eigenvalue weighted by atomic mass is 9.97. The van der Waals surface area contributed by atoms with Gasteiger partial charge in [0.05, 0.1) is 0 Å². The van der Waals surface area contributed by atoms with Crippen molar-refractivity contribution >= 4 is 5.69 Å². The quantitative estimate of drug-likeness (QED) is 0.854. The number of benzene rings is 1. The first-order chi connectivity index (χ1) is 10.2. The van der Waals surface area contributed by atoms with E-state index in [2.05, 4.69) is 17.0 Å². The van der Waals surface area contributed by atoms with Crippen molar-refractivity contribution in [3.63, 3.8) is 0 Å². The van der Waals surface area contributed by atoms with Gasteiger partial charge in [0.2, 0.25) is 0 Å². The molecule has 0 aliphatic carbocycles. The SMILES string of the molecule is COC1CC(CN2CCc3cc(N)ccc3C2)C(OC)O1. The average Bonchev–Trinajstić information content (AvgIpc) is 2.89. The topological polar surface area (TPSA) is 57.0 Å². The van der Waals surface area contributed by atoms with E-state index in [-0.39, 0.29) is 12.6 Å². The number of nitrogens with zero attached hydrogens (tertiary/aromatic N) is 1. The number of hydrogen-bond donors (Lipinski definition) is 1. The Morgan fingerprint density at radius 2 is 2.14 bits per heavy atom. The van der Waals surface area contributed by atoms with Crippen molar-refractivity contribution in [2.45, 2.75) is 32.0 Å². The Balaban J connectivity index is 1.63. The first-order valence-electron chi connectivity index (χ1n) is 7.50. The number of ether oxygens (including phenoxy) is 3. The summed E-state index contributed by atoms with van der Waals surface area (Å²) in [6.07, 6.45) is 1.64. The molecular weight excluding hydrogens is 268 g/mol. The maximum Gasteiger partial charge on any atom is 0.164 e. The molecule has 3 atom stereocenters. The van der Waals surface area contributed by atoms with Crippen LogP contribution in [0.2, 0.25) is 0 Å². The van der Waals surface area contributed by atoms with Crippen molar-refractivity contribution in [2.75, 3.05) is 33.0 Å². The molecule has 1 saturated heterocycles. The largest absolute Gasteiger partial charge is 0.399 e. The van der Waals surface area contributed by atoms with Crippen LogP contribution in [0.25, 0.3) is 0 Å². The lowest BCUT2D eigenvalue weighted by Crippen LogP contribution is -2.37. The minimum Gasteiger partial charge on any atom is -0.399 e. The van der Waals surface area contributed by atoms with E-state index in [4.69, 9.17) is 19.9 Å². The zero-order valence-electron chi connectivity index (χ0n) is 12.7. The van der Waals surface area contributed by atoms with Gasteiger partial charge in [0.1, 0.15) is 0 Å². The van der Waals surface area contributed by atoms with E-state index >= 15 is 0 Å². The molecule has 0 aromatic heterocycles. The fraction of sp³-hybridized carbons (Fsp3) is 0.625. The molecule has 0 amide bonds.